The summed E-state index contributed by atoms with van der Waals surface area (Å²) in [6, 6.07) is 6.89. The number of hydrogen-bond acceptors (Lipinski definition) is 2. The Hall–Kier alpha value is -1.95. The van der Waals surface area contributed by atoms with E-state index in [-0.39, 0.29) is 23.1 Å². The highest BCUT2D eigenvalue weighted by atomic mass is 35.5. The van der Waals surface area contributed by atoms with E-state index in [0.717, 1.165) is 18.2 Å². The Balaban J connectivity index is 2.11. The molecule has 2 N–H and O–H groups in total. The molecule has 0 unspecified atom stereocenters. The molecule has 0 atom stereocenters. The molecular weight excluding hydrogens is 310 g/mol. The summed E-state index contributed by atoms with van der Waals surface area (Å²) in [5, 5.41) is -0.0206. The number of halogens is 5. The number of hydrogen-bond donors (Lipinski definition) is 1. The molecule has 0 fully saturated rings. The van der Waals surface area contributed by atoms with E-state index in [1.807, 2.05) is 0 Å². The summed E-state index contributed by atoms with van der Waals surface area (Å²) in [5.41, 5.74) is 5.00. The summed E-state index contributed by atoms with van der Waals surface area (Å²) in [6.07, 6.45) is -4.47. The van der Waals surface area contributed by atoms with Crippen LogP contribution in [0.1, 0.15) is 11.1 Å². The van der Waals surface area contributed by atoms with Crippen LogP contribution in [0.25, 0.3) is 0 Å². The molecule has 0 saturated carbocycles. The first-order chi connectivity index (χ1) is 9.77. The van der Waals surface area contributed by atoms with Crippen molar-refractivity contribution in [2.24, 2.45) is 0 Å². The zero-order valence-electron chi connectivity index (χ0n) is 10.5. The minimum Gasteiger partial charge on any atom is -0.487 e. The van der Waals surface area contributed by atoms with Gasteiger partial charge in [0.25, 0.3) is 0 Å². The first-order valence-electron chi connectivity index (χ1n) is 5.81. The Labute approximate surface area is 123 Å². The van der Waals surface area contributed by atoms with Crippen molar-refractivity contribution in [3.8, 4) is 5.75 Å². The maximum atomic E-state index is 13.2. The first kappa shape index (κ1) is 15.4. The van der Waals surface area contributed by atoms with Gasteiger partial charge >= 0.3 is 6.18 Å². The molecule has 0 radical (unpaired) electrons. The van der Waals surface area contributed by atoms with Crippen LogP contribution in [0.3, 0.4) is 0 Å². The lowest BCUT2D eigenvalue weighted by atomic mass is 10.2. The van der Waals surface area contributed by atoms with Gasteiger partial charge in [-0.25, -0.2) is 4.39 Å². The van der Waals surface area contributed by atoms with Crippen molar-refractivity contribution < 1.29 is 22.3 Å². The number of anilines is 1. The lowest BCUT2D eigenvalue weighted by Gasteiger charge is -2.12. The van der Waals surface area contributed by atoms with Crippen LogP contribution in [0.4, 0.5) is 23.2 Å². The fourth-order valence-electron chi connectivity index (χ4n) is 1.65. The Morgan fingerprint density at radius 2 is 1.81 bits per heavy atom. The first-order valence-corrected chi connectivity index (χ1v) is 6.18. The fraction of sp³-hybridized carbons (Fsp3) is 0.143. The molecule has 2 aromatic rings. The molecule has 0 aliphatic heterocycles. The van der Waals surface area contributed by atoms with Gasteiger partial charge in [0.15, 0.2) is 0 Å². The van der Waals surface area contributed by atoms with Gasteiger partial charge in [-0.15, -0.1) is 0 Å². The van der Waals surface area contributed by atoms with Gasteiger partial charge in [0.1, 0.15) is 18.2 Å². The van der Waals surface area contributed by atoms with E-state index >= 15 is 0 Å². The lowest BCUT2D eigenvalue weighted by Crippen LogP contribution is -2.06. The highest BCUT2D eigenvalue weighted by Crippen LogP contribution is 2.33. The minimum atomic E-state index is -4.47. The van der Waals surface area contributed by atoms with Gasteiger partial charge in [-0.3, -0.25) is 0 Å². The molecule has 0 aliphatic rings. The third kappa shape index (κ3) is 3.78. The molecule has 0 aliphatic carbocycles. The Bertz CT molecular complexity index is 658. The summed E-state index contributed by atoms with van der Waals surface area (Å²) in [4.78, 5) is 0. The van der Waals surface area contributed by atoms with Gasteiger partial charge in [0.2, 0.25) is 0 Å². The SMILES string of the molecule is Nc1cc(C(F)(F)F)ccc1OCc1ccc(Cl)c(F)c1. The molecule has 7 heteroatoms. The van der Waals surface area contributed by atoms with Crippen LogP contribution in [0.2, 0.25) is 5.02 Å². The molecule has 21 heavy (non-hydrogen) atoms. The molecule has 0 heterocycles. The number of nitrogen functional groups attached to an aromatic ring is 1. The van der Waals surface area contributed by atoms with E-state index in [2.05, 4.69) is 0 Å². The quantitative estimate of drug-likeness (QED) is 0.659. The number of nitrogens with two attached hydrogens (primary N) is 1. The zero-order valence-corrected chi connectivity index (χ0v) is 11.3. The van der Waals surface area contributed by atoms with Crippen LogP contribution in [0.15, 0.2) is 36.4 Å². The van der Waals surface area contributed by atoms with E-state index in [9.17, 15) is 17.6 Å². The van der Waals surface area contributed by atoms with Crippen molar-refractivity contribution in [2.45, 2.75) is 12.8 Å². The van der Waals surface area contributed by atoms with Gasteiger partial charge in [0, 0.05) is 0 Å². The predicted octanol–water partition coefficient (Wildman–Crippen LogP) is 4.66. The second-order valence-corrected chi connectivity index (χ2v) is 4.69. The van der Waals surface area contributed by atoms with E-state index < -0.39 is 17.6 Å². The second kappa shape index (κ2) is 5.81. The molecule has 2 aromatic carbocycles. The van der Waals surface area contributed by atoms with Crippen LogP contribution in [-0.4, -0.2) is 0 Å². The highest BCUT2D eigenvalue weighted by molar-refractivity contribution is 6.30. The maximum absolute atomic E-state index is 13.2. The summed E-state index contributed by atoms with van der Waals surface area (Å²) < 4.78 is 56.0. The number of rotatable bonds is 3. The van der Waals surface area contributed by atoms with E-state index in [4.69, 9.17) is 22.1 Å². The zero-order chi connectivity index (χ0) is 15.6. The Kier molecular flexibility index (Phi) is 4.27. The van der Waals surface area contributed by atoms with Crippen molar-refractivity contribution in [3.63, 3.8) is 0 Å². The molecule has 0 spiro atoms. The molecule has 0 aromatic heterocycles. The lowest BCUT2D eigenvalue weighted by molar-refractivity contribution is -0.137. The third-order valence-corrected chi connectivity index (χ3v) is 3.02. The van der Waals surface area contributed by atoms with Crippen LogP contribution in [-0.2, 0) is 12.8 Å². The van der Waals surface area contributed by atoms with Gasteiger partial charge < -0.3 is 10.5 Å². The average Bonchev–Trinajstić information content (AvgIpc) is 2.40. The van der Waals surface area contributed by atoms with Crippen LogP contribution >= 0.6 is 11.6 Å². The van der Waals surface area contributed by atoms with Crippen molar-refractivity contribution in [2.75, 3.05) is 5.73 Å². The molecular formula is C14H10ClF4NO. The number of ether oxygens (including phenoxy) is 1. The van der Waals surface area contributed by atoms with Crippen molar-refractivity contribution in [3.05, 3.63) is 58.4 Å². The van der Waals surface area contributed by atoms with Crippen molar-refractivity contribution >= 4 is 17.3 Å². The Morgan fingerprint density at radius 3 is 2.38 bits per heavy atom. The van der Waals surface area contributed by atoms with Gasteiger partial charge in [0.05, 0.1) is 16.3 Å². The van der Waals surface area contributed by atoms with Crippen LogP contribution in [0.5, 0.6) is 5.75 Å². The smallest absolute Gasteiger partial charge is 0.416 e. The molecule has 112 valence electrons. The average molecular weight is 320 g/mol. The Morgan fingerprint density at radius 1 is 1.10 bits per heavy atom. The topological polar surface area (TPSA) is 35.2 Å². The third-order valence-electron chi connectivity index (χ3n) is 2.72. The largest absolute Gasteiger partial charge is 0.487 e. The monoisotopic (exact) mass is 319 g/mol. The summed E-state index contributed by atoms with van der Waals surface area (Å²) in [7, 11) is 0. The molecule has 2 rings (SSSR count). The maximum Gasteiger partial charge on any atom is 0.416 e. The van der Waals surface area contributed by atoms with E-state index in [0.29, 0.717) is 5.56 Å². The summed E-state index contributed by atoms with van der Waals surface area (Å²) in [5.74, 6) is -0.503. The summed E-state index contributed by atoms with van der Waals surface area (Å²) in [6.45, 7) is -0.0380. The normalized spacial score (nSPS) is 11.5. The number of benzene rings is 2. The molecule has 0 amide bonds. The van der Waals surface area contributed by atoms with Crippen LogP contribution in [0, 0.1) is 5.82 Å². The second-order valence-electron chi connectivity index (χ2n) is 4.29. The summed E-state index contributed by atoms with van der Waals surface area (Å²) >= 11 is 5.54. The standard InChI is InChI=1S/C14H10ClF4NO/c15-10-3-1-8(5-11(10)16)7-21-13-4-2-9(6-12(13)20)14(17,18)19/h1-6H,7,20H2. The highest BCUT2D eigenvalue weighted by Gasteiger charge is 2.30. The van der Waals surface area contributed by atoms with Crippen molar-refractivity contribution in [1.82, 2.24) is 0 Å². The van der Waals surface area contributed by atoms with Gasteiger partial charge in [-0.05, 0) is 35.9 Å². The van der Waals surface area contributed by atoms with E-state index in [1.165, 1.54) is 12.1 Å². The number of alkyl halides is 3. The molecule has 2 nitrogen and oxygen atoms in total. The predicted molar refractivity (Wildman–Crippen MR) is 71.6 cm³/mol. The molecule has 0 saturated heterocycles. The van der Waals surface area contributed by atoms with Crippen LogP contribution < -0.4 is 10.5 Å². The fourth-order valence-corrected chi connectivity index (χ4v) is 1.76. The van der Waals surface area contributed by atoms with E-state index in [1.54, 1.807) is 6.07 Å². The van der Waals surface area contributed by atoms with Gasteiger partial charge in [-0.2, -0.15) is 13.2 Å². The minimum absolute atomic E-state index is 0.0206. The van der Waals surface area contributed by atoms with Gasteiger partial charge in [-0.1, -0.05) is 17.7 Å². The van der Waals surface area contributed by atoms with Crippen molar-refractivity contribution in [1.29, 1.82) is 0 Å². The molecule has 0 bridgehead atoms.